The van der Waals surface area contributed by atoms with Gasteiger partial charge < -0.3 is 20.3 Å². The summed E-state index contributed by atoms with van der Waals surface area (Å²) in [6.07, 6.45) is 3.24. The van der Waals surface area contributed by atoms with Crippen LogP contribution in [0, 0.1) is 0 Å². The summed E-state index contributed by atoms with van der Waals surface area (Å²) in [6.45, 7) is 4.59. The molecule has 2 N–H and O–H groups in total. The molecule has 27 heavy (non-hydrogen) atoms. The Morgan fingerprint density at radius 2 is 1.59 bits per heavy atom. The largest absolute Gasteiger partial charge is 0.497 e. The first-order valence-electron chi connectivity index (χ1n) is 9.43. The first-order valence-corrected chi connectivity index (χ1v) is 9.43. The molecule has 1 aliphatic heterocycles. The summed E-state index contributed by atoms with van der Waals surface area (Å²) < 4.78 is 5.15. The Kier molecular flexibility index (Phi) is 10.2. The van der Waals surface area contributed by atoms with Crippen molar-refractivity contribution < 1.29 is 14.3 Å². The third-order valence-corrected chi connectivity index (χ3v) is 4.80. The molecule has 0 bridgehead atoms. The summed E-state index contributed by atoms with van der Waals surface area (Å²) >= 11 is 0. The molecule has 0 saturated carbocycles. The van der Waals surface area contributed by atoms with Gasteiger partial charge in [0.25, 0.3) is 0 Å². The van der Waals surface area contributed by atoms with Crippen LogP contribution in [0.4, 0.5) is 0 Å². The van der Waals surface area contributed by atoms with Gasteiger partial charge in [-0.3, -0.25) is 9.59 Å². The molecule has 0 radical (unpaired) electrons. The van der Waals surface area contributed by atoms with E-state index >= 15 is 0 Å². The number of carbonyl (C=O) groups excluding carboxylic acids is 2. The fourth-order valence-corrected chi connectivity index (χ4v) is 3.13. The van der Waals surface area contributed by atoms with E-state index in [4.69, 9.17) is 10.5 Å². The van der Waals surface area contributed by atoms with Crippen LogP contribution in [0.5, 0.6) is 5.75 Å². The minimum Gasteiger partial charge on any atom is -0.497 e. The topological polar surface area (TPSA) is 75.9 Å². The SMILES string of the molecule is COc1ccc(CCC(=O)N2CCCN(C(=O)CCC(C)N)CC2)cc1.Cl. The zero-order chi connectivity index (χ0) is 18.9. The zero-order valence-electron chi connectivity index (χ0n) is 16.4. The predicted molar refractivity (Wildman–Crippen MR) is 109 cm³/mol. The molecule has 152 valence electrons. The van der Waals surface area contributed by atoms with Crippen molar-refractivity contribution in [3.63, 3.8) is 0 Å². The Balaban J connectivity index is 0.00000364. The lowest BCUT2D eigenvalue weighted by Crippen LogP contribution is -2.37. The third kappa shape index (κ3) is 7.77. The van der Waals surface area contributed by atoms with E-state index < -0.39 is 0 Å². The van der Waals surface area contributed by atoms with Gasteiger partial charge in [0.15, 0.2) is 0 Å². The van der Waals surface area contributed by atoms with Crippen molar-refractivity contribution in [1.29, 1.82) is 0 Å². The average molecular weight is 398 g/mol. The molecule has 2 rings (SSSR count). The molecular formula is C20H32ClN3O3. The Morgan fingerprint density at radius 1 is 1.04 bits per heavy atom. The maximum absolute atomic E-state index is 12.5. The molecule has 6 nitrogen and oxygen atoms in total. The maximum atomic E-state index is 12.5. The Labute approximate surface area is 168 Å². The second kappa shape index (κ2) is 11.8. The first-order chi connectivity index (χ1) is 12.5. The number of methoxy groups -OCH3 is 1. The van der Waals surface area contributed by atoms with Crippen LogP contribution in [-0.2, 0) is 16.0 Å². The molecule has 0 aliphatic carbocycles. The normalized spacial score (nSPS) is 15.5. The van der Waals surface area contributed by atoms with Gasteiger partial charge in [0, 0.05) is 45.1 Å². The minimum atomic E-state index is 0. The highest BCUT2D eigenvalue weighted by molar-refractivity contribution is 5.85. The van der Waals surface area contributed by atoms with Crippen molar-refractivity contribution >= 4 is 24.2 Å². The number of amides is 2. The third-order valence-electron chi connectivity index (χ3n) is 4.80. The van der Waals surface area contributed by atoms with Gasteiger partial charge in [-0.2, -0.15) is 0 Å². The average Bonchev–Trinajstić information content (AvgIpc) is 2.91. The number of nitrogens with two attached hydrogens (primary N) is 1. The molecule has 1 aromatic carbocycles. The first kappa shape index (κ1) is 23.2. The number of ether oxygens (including phenoxy) is 1. The van der Waals surface area contributed by atoms with Crippen LogP contribution in [0.15, 0.2) is 24.3 Å². The number of benzene rings is 1. The van der Waals surface area contributed by atoms with E-state index in [2.05, 4.69) is 0 Å². The maximum Gasteiger partial charge on any atom is 0.222 e. The molecule has 1 heterocycles. The van der Waals surface area contributed by atoms with Crippen molar-refractivity contribution in [3.05, 3.63) is 29.8 Å². The summed E-state index contributed by atoms with van der Waals surface area (Å²) in [6, 6.07) is 7.86. The lowest BCUT2D eigenvalue weighted by molar-refractivity contribution is -0.133. The summed E-state index contributed by atoms with van der Waals surface area (Å²) in [4.78, 5) is 28.5. The number of hydrogen-bond acceptors (Lipinski definition) is 4. The molecular weight excluding hydrogens is 366 g/mol. The minimum absolute atomic E-state index is 0. The van der Waals surface area contributed by atoms with Gasteiger partial charge in [-0.1, -0.05) is 12.1 Å². The van der Waals surface area contributed by atoms with Crippen molar-refractivity contribution in [2.75, 3.05) is 33.3 Å². The van der Waals surface area contributed by atoms with E-state index in [0.29, 0.717) is 32.4 Å². The van der Waals surface area contributed by atoms with E-state index in [9.17, 15) is 9.59 Å². The van der Waals surface area contributed by atoms with Gasteiger partial charge in [-0.05, 0) is 43.9 Å². The van der Waals surface area contributed by atoms with Gasteiger partial charge in [-0.25, -0.2) is 0 Å². The van der Waals surface area contributed by atoms with Crippen molar-refractivity contribution in [1.82, 2.24) is 9.80 Å². The van der Waals surface area contributed by atoms with Crippen LogP contribution in [0.25, 0.3) is 0 Å². The van der Waals surface area contributed by atoms with Crippen LogP contribution in [0.2, 0.25) is 0 Å². The molecule has 1 unspecified atom stereocenters. The number of hydrogen-bond donors (Lipinski definition) is 1. The number of rotatable bonds is 7. The smallest absolute Gasteiger partial charge is 0.222 e. The Hall–Kier alpha value is -1.79. The van der Waals surface area contributed by atoms with Crippen molar-refractivity contribution in [2.24, 2.45) is 5.73 Å². The van der Waals surface area contributed by atoms with Gasteiger partial charge in [0.05, 0.1) is 7.11 Å². The highest BCUT2D eigenvalue weighted by atomic mass is 35.5. The molecule has 1 fully saturated rings. The molecule has 0 spiro atoms. The summed E-state index contributed by atoms with van der Waals surface area (Å²) in [5.74, 6) is 1.13. The van der Waals surface area contributed by atoms with Gasteiger partial charge >= 0.3 is 0 Å². The second-order valence-corrected chi connectivity index (χ2v) is 6.98. The zero-order valence-corrected chi connectivity index (χ0v) is 17.2. The van der Waals surface area contributed by atoms with E-state index in [0.717, 1.165) is 37.2 Å². The van der Waals surface area contributed by atoms with Crippen molar-refractivity contribution in [2.45, 2.75) is 45.1 Å². The van der Waals surface area contributed by atoms with Crippen LogP contribution >= 0.6 is 12.4 Å². The molecule has 7 heteroatoms. The second-order valence-electron chi connectivity index (χ2n) is 6.98. The Morgan fingerprint density at radius 3 is 2.11 bits per heavy atom. The van der Waals surface area contributed by atoms with Crippen LogP contribution < -0.4 is 10.5 Å². The molecule has 0 aromatic heterocycles. The molecule has 1 atom stereocenters. The lowest BCUT2D eigenvalue weighted by atomic mass is 10.1. The van der Waals surface area contributed by atoms with Crippen LogP contribution in [0.1, 0.15) is 38.2 Å². The summed E-state index contributed by atoms with van der Waals surface area (Å²) in [7, 11) is 1.64. The summed E-state index contributed by atoms with van der Waals surface area (Å²) in [5.41, 5.74) is 6.86. The number of aryl methyl sites for hydroxylation is 1. The predicted octanol–water partition coefficient (Wildman–Crippen LogP) is 2.24. The number of nitrogens with zero attached hydrogens (tertiary/aromatic N) is 2. The molecule has 1 aliphatic rings. The van der Waals surface area contributed by atoms with Gasteiger partial charge in [0.2, 0.25) is 11.8 Å². The highest BCUT2D eigenvalue weighted by Gasteiger charge is 2.21. The summed E-state index contributed by atoms with van der Waals surface area (Å²) in [5, 5.41) is 0. The van der Waals surface area contributed by atoms with Crippen molar-refractivity contribution in [3.8, 4) is 5.75 Å². The van der Waals surface area contributed by atoms with Gasteiger partial charge in [0.1, 0.15) is 5.75 Å². The van der Waals surface area contributed by atoms with E-state index in [1.165, 1.54) is 0 Å². The van der Waals surface area contributed by atoms with E-state index in [1.807, 2.05) is 41.0 Å². The number of carbonyl (C=O) groups is 2. The molecule has 1 saturated heterocycles. The lowest BCUT2D eigenvalue weighted by Gasteiger charge is -2.22. The van der Waals surface area contributed by atoms with Gasteiger partial charge in [-0.15, -0.1) is 12.4 Å². The Bertz CT molecular complexity index is 593. The highest BCUT2D eigenvalue weighted by Crippen LogP contribution is 2.14. The van der Waals surface area contributed by atoms with Crippen LogP contribution in [0.3, 0.4) is 0 Å². The van der Waals surface area contributed by atoms with Crippen LogP contribution in [-0.4, -0.2) is 60.9 Å². The fourth-order valence-electron chi connectivity index (χ4n) is 3.13. The standard InChI is InChI=1S/C20H31N3O3.ClH/c1-16(21)4-10-19(24)22-12-3-13-23(15-14-22)20(25)11-7-17-5-8-18(26-2)9-6-17;/h5-6,8-9,16H,3-4,7,10-15,21H2,1-2H3;1H. The quantitative estimate of drug-likeness (QED) is 0.765. The van der Waals surface area contributed by atoms with E-state index in [1.54, 1.807) is 7.11 Å². The monoisotopic (exact) mass is 397 g/mol. The fraction of sp³-hybridized carbons (Fsp3) is 0.600. The number of halogens is 1. The van der Waals surface area contributed by atoms with E-state index in [-0.39, 0.29) is 30.3 Å². The molecule has 2 amide bonds. The molecule has 1 aromatic rings.